The summed E-state index contributed by atoms with van der Waals surface area (Å²) in [4.78, 5) is 33.4. The number of nitrogens with zero attached hydrogens (tertiary/aromatic N) is 3. The molecule has 0 saturated carbocycles. The molecule has 9 nitrogen and oxygen atoms in total. The molecule has 0 radical (unpaired) electrons. The number of carbonyl (C=O) groups is 2. The molecule has 47 heavy (non-hydrogen) atoms. The van der Waals surface area contributed by atoms with Crippen LogP contribution in [0, 0.1) is 11.7 Å². The molecule has 0 aromatic heterocycles. The van der Waals surface area contributed by atoms with Crippen molar-refractivity contribution in [1.29, 1.82) is 0 Å². The highest BCUT2D eigenvalue weighted by Gasteiger charge is 2.36. The van der Waals surface area contributed by atoms with Crippen molar-refractivity contribution in [3.63, 3.8) is 0 Å². The second kappa shape index (κ2) is 16.8. The number of piperidine rings is 1. The minimum atomic E-state index is -0.702. The van der Waals surface area contributed by atoms with Crippen LogP contribution in [0.25, 0.3) is 0 Å². The van der Waals surface area contributed by atoms with Crippen LogP contribution in [0.15, 0.2) is 66.7 Å². The first kappa shape index (κ1) is 34.5. The van der Waals surface area contributed by atoms with Gasteiger partial charge in [-0.05, 0) is 86.7 Å². The van der Waals surface area contributed by atoms with Gasteiger partial charge in [0.25, 0.3) is 0 Å². The smallest absolute Gasteiger partial charge is 0.408 e. The molecule has 3 aromatic carbocycles. The van der Waals surface area contributed by atoms with E-state index < -0.39 is 12.1 Å². The van der Waals surface area contributed by atoms with Crippen molar-refractivity contribution < 1.29 is 23.5 Å². The number of nitrogens with two attached hydrogens (primary N) is 1. The van der Waals surface area contributed by atoms with Gasteiger partial charge >= 0.3 is 6.09 Å². The van der Waals surface area contributed by atoms with Crippen molar-refractivity contribution in [3.05, 3.63) is 94.3 Å². The average molecular weight is 666 g/mol. The summed E-state index contributed by atoms with van der Waals surface area (Å²) in [7, 11) is 0. The lowest BCUT2D eigenvalue weighted by molar-refractivity contribution is -0.137. The number of carbonyl (C=O) groups excluding carboxylic acids is 2. The van der Waals surface area contributed by atoms with Crippen LogP contribution in [0.3, 0.4) is 0 Å². The lowest BCUT2D eigenvalue weighted by atomic mass is 9.88. The number of rotatable bonds is 12. The van der Waals surface area contributed by atoms with Crippen molar-refractivity contribution in [3.8, 4) is 5.75 Å². The molecule has 5 rings (SSSR count). The van der Waals surface area contributed by atoms with Crippen LogP contribution in [0.5, 0.6) is 5.75 Å². The van der Waals surface area contributed by atoms with Crippen molar-refractivity contribution in [2.45, 2.75) is 45.4 Å². The Kier molecular flexibility index (Phi) is 12.3. The Bertz CT molecular complexity index is 1480. The molecule has 2 aliphatic heterocycles. The van der Waals surface area contributed by atoms with E-state index in [2.05, 4.69) is 15.1 Å². The van der Waals surface area contributed by atoms with Crippen molar-refractivity contribution >= 4 is 29.3 Å². The maximum Gasteiger partial charge on any atom is 0.408 e. The van der Waals surface area contributed by atoms with Gasteiger partial charge in [-0.15, -0.1) is 0 Å². The average Bonchev–Trinajstić information content (AvgIpc) is 3.09. The number of hydrogen-bond acceptors (Lipinski definition) is 7. The van der Waals surface area contributed by atoms with E-state index in [9.17, 15) is 14.0 Å². The fourth-order valence-electron chi connectivity index (χ4n) is 6.38. The molecular formula is C36H45ClFN5O4. The zero-order valence-corrected chi connectivity index (χ0v) is 27.8. The summed E-state index contributed by atoms with van der Waals surface area (Å²) >= 11 is 6.18. The molecular weight excluding hydrogens is 621 g/mol. The number of ether oxygens (including phenoxy) is 2. The van der Waals surface area contributed by atoms with E-state index in [1.54, 1.807) is 18.2 Å². The molecule has 2 saturated heterocycles. The predicted octanol–water partition coefficient (Wildman–Crippen LogP) is 5.35. The normalized spacial score (nSPS) is 16.9. The van der Waals surface area contributed by atoms with Gasteiger partial charge in [-0.3, -0.25) is 9.69 Å². The van der Waals surface area contributed by atoms with Gasteiger partial charge in [0.1, 0.15) is 24.2 Å². The third-order valence-corrected chi connectivity index (χ3v) is 9.33. The van der Waals surface area contributed by atoms with Gasteiger partial charge in [-0.2, -0.15) is 0 Å². The number of amides is 2. The zero-order valence-electron chi connectivity index (χ0n) is 27.0. The van der Waals surface area contributed by atoms with Crippen molar-refractivity contribution in [2.75, 3.05) is 58.2 Å². The Morgan fingerprint density at radius 1 is 0.979 bits per heavy atom. The summed E-state index contributed by atoms with van der Waals surface area (Å²) in [6.07, 6.45) is 1.70. The first-order chi connectivity index (χ1) is 22.8. The van der Waals surface area contributed by atoms with Crippen LogP contribution >= 0.6 is 11.6 Å². The molecule has 3 aromatic rings. The molecule has 1 atom stereocenters. The van der Waals surface area contributed by atoms with E-state index in [1.807, 2.05) is 54.3 Å². The van der Waals surface area contributed by atoms with Crippen LogP contribution < -0.4 is 15.8 Å². The Morgan fingerprint density at radius 3 is 2.45 bits per heavy atom. The zero-order chi connectivity index (χ0) is 33.2. The molecule has 0 bridgehead atoms. The van der Waals surface area contributed by atoms with Crippen LogP contribution in [0.2, 0.25) is 5.02 Å². The second-order valence-electron chi connectivity index (χ2n) is 12.2. The minimum absolute atomic E-state index is 0.0375. The molecule has 252 valence electrons. The standard InChI is InChI=1S/C36H45ClFN5O4/c1-2-46-33-10-6-9-31(38)30(33)24-42-19-21-43(22-20-42)35(44)34(40-36(45)47-25-26-7-4-3-5-8-26)27-13-16-41(17-14-27)18-15-28-23-29(37)11-12-32(28)39/h3-12,23,27,34H,2,13-22,24-25,39H2,1H3,(H,40,45)/t34-/m1/s1. The SMILES string of the molecule is CCOc1cccc(F)c1CN1CCN(C(=O)[C@H](NC(=O)OCc2ccccc2)C2CCN(CCc3cc(Cl)ccc3N)CC2)CC1. The van der Waals surface area contributed by atoms with Crippen LogP contribution in [-0.2, 0) is 29.1 Å². The third-order valence-electron chi connectivity index (χ3n) is 9.10. The molecule has 0 aliphatic carbocycles. The molecule has 0 unspecified atom stereocenters. The molecule has 2 heterocycles. The highest BCUT2D eigenvalue weighted by molar-refractivity contribution is 6.30. The molecule has 2 fully saturated rings. The van der Waals surface area contributed by atoms with Gasteiger partial charge in [-0.1, -0.05) is 48.0 Å². The fourth-order valence-corrected chi connectivity index (χ4v) is 6.58. The number of alkyl carbamates (subject to hydrolysis) is 1. The Hall–Kier alpha value is -3.86. The number of halogens is 2. The van der Waals surface area contributed by atoms with Gasteiger partial charge in [0.15, 0.2) is 0 Å². The monoisotopic (exact) mass is 665 g/mol. The highest BCUT2D eigenvalue weighted by atomic mass is 35.5. The highest BCUT2D eigenvalue weighted by Crippen LogP contribution is 2.26. The van der Waals surface area contributed by atoms with Gasteiger partial charge in [0.05, 0.1) is 6.61 Å². The minimum Gasteiger partial charge on any atom is -0.493 e. The first-order valence-electron chi connectivity index (χ1n) is 16.5. The number of anilines is 1. The Morgan fingerprint density at radius 2 is 1.72 bits per heavy atom. The molecule has 0 spiro atoms. The van der Waals surface area contributed by atoms with E-state index in [4.69, 9.17) is 26.8 Å². The molecule has 2 aliphatic rings. The first-order valence-corrected chi connectivity index (χ1v) is 16.8. The number of benzene rings is 3. The lowest BCUT2D eigenvalue weighted by Gasteiger charge is -2.40. The van der Waals surface area contributed by atoms with Crippen molar-refractivity contribution in [2.24, 2.45) is 5.92 Å². The largest absolute Gasteiger partial charge is 0.493 e. The van der Waals surface area contributed by atoms with E-state index in [-0.39, 0.29) is 24.2 Å². The Balaban J connectivity index is 1.19. The number of nitrogen functional groups attached to an aromatic ring is 1. The summed E-state index contributed by atoms with van der Waals surface area (Å²) in [6, 6.07) is 19.2. The third kappa shape index (κ3) is 9.59. The summed E-state index contributed by atoms with van der Waals surface area (Å²) in [5.41, 5.74) is 9.32. The maximum atomic E-state index is 14.7. The fraction of sp³-hybridized carbons (Fsp3) is 0.444. The topological polar surface area (TPSA) is 100 Å². The van der Waals surface area contributed by atoms with E-state index in [1.165, 1.54) is 6.07 Å². The van der Waals surface area contributed by atoms with Gasteiger partial charge < -0.3 is 30.3 Å². The molecule has 2 amide bonds. The second-order valence-corrected chi connectivity index (χ2v) is 12.6. The summed E-state index contributed by atoms with van der Waals surface area (Å²) < 4.78 is 25.9. The lowest BCUT2D eigenvalue weighted by Crippen LogP contribution is -2.58. The van der Waals surface area contributed by atoms with Gasteiger partial charge in [0, 0.05) is 55.5 Å². The predicted molar refractivity (Wildman–Crippen MR) is 182 cm³/mol. The maximum absolute atomic E-state index is 14.7. The molecule has 3 N–H and O–H groups in total. The van der Waals surface area contributed by atoms with Crippen LogP contribution in [-0.4, -0.2) is 85.2 Å². The van der Waals surface area contributed by atoms with E-state index in [0.29, 0.717) is 55.7 Å². The quantitative estimate of drug-likeness (QED) is 0.252. The van der Waals surface area contributed by atoms with Gasteiger partial charge in [-0.25, -0.2) is 9.18 Å². The van der Waals surface area contributed by atoms with E-state index in [0.717, 1.165) is 55.7 Å². The summed E-state index contributed by atoms with van der Waals surface area (Å²) in [6.45, 7) is 7.42. The number of hydrogen-bond donors (Lipinski definition) is 2. The number of piperazine rings is 1. The Labute approximate surface area is 281 Å². The van der Waals surface area contributed by atoms with Crippen LogP contribution in [0.1, 0.15) is 36.5 Å². The number of likely N-dealkylation sites (tertiary alicyclic amines) is 1. The van der Waals surface area contributed by atoms with Crippen LogP contribution in [0.4, 0.5) is 14.9 Å². The van der Waals surface area contributed by atoms with Crippen molar-refractivity contribution in [1.82, 2.24) is 20.0 Å². The summed E-state index contributed by atoms with van der Waals surface area (Å²) in [5, 5.41) is 3.61. The van der Waals surface area contributed by atoms with E-state index >= 15 is 0 Å². The van der Waals surface area contributed by atoms with Gasteiger partial charge in [0.2, 0.25) is 5.91 Å². The number of nitrogens with one attached hydrogen (secondary N) is 1. The molecule has 11 heteroatoms. The summed E-state index contributed by atoms with van der Waals surface area (Å²) in [5.74, 6) is 0.110.